The van der Waals surface area contributed by atoms with Crippen LogP contribution in [0.1, 0.15) is 49.5 Å². The molecule has 1 atom stereocenters. The fourth-order valence-corrected chi connectivity index (χ4v) is 4.31. The number of hydrogen-bond donors (Lipinski definition) is 3. The number of aromatic carboxylic acids is 1. The molecular formula is C29H31N3O4. The van der Waals surface area contributed by atoms with Gasteiger partial charge in [0.05, 0.1) is 5.56 Å². The molecule has 7 heteroatoms. The Morgan fingerprint density at radius 1 is 0.806 bits per heavy atom. The first-order chi connectivity index (χ1) is 17.1. The van der Waals surface area contributed by atoms with Gasteiger partial charge >= 0.3 is 12.0 Å². The first-order valence-corrected chi connectivity index (χ1v) is 12.0. The highest BCUT2D eigenvalue weighted by atomic mass is 16.4. The van der Waals surface area contributed by atoms with Gasteiger partial charge in [-0.3, -0.25) is 4.79 Å². The Labute approximate surface area is 211 Å². The third-order valence-corrected chi connectivity index (χ3v) is 6.44. The first kappa shape index (κ1) is 25.0. The van der Waals surface area contributed by atoms with Crippen molar-refractivity contribution in [1.29, 1.82) is 0 Å². The smallest absolute Gasteiger partial charge is 0.335 e. The molecule has 186 valence electrons. The van der Waals surface area contributed by atoms with E-state index in [1.165, 1.54) is 5.56 Å². The summed E-state index contributed by atoms with van der Waals surface area (Å²) in [6.07, 6.45) is 1.37. The summed E-state index contributed by atoms with van der Waals surface area (Å²) in [5, 5.41) is 14.9. The Balaban J connectivity index is 1.37. The van der Waals surface area contributed by atoms with Crippen LogP contribution in [0.5, 0.6) is 0 Å². The minimum Gasteiger partial charge on any atom is -0.478 e. The summed E-state index contributed by atoms with van der Waals surface area (Å²) in [5.41, 5.74) is 4.57. The van der Waals surface area contributed by atoms with Gasteiger partial charge in [-0.1, -0.05) is 57.2 Å². The van der Waals surface area contributed by atoms with Crippen molar-refractivity contribution in [3.63, 3.8) is 0 Å². The molecule has 1 aliphatic rings. The van der Waals surface area contributed by atoms with Crippen LogP contribution in [0.15, 0.2) is 72.8 Å². The van der Waals surface area contributed by atoms with Crippen LogP contribution in [0.25, 0.3) is 11.1 Å². The zero-order chi connectivity index (χ0) is 25.9. The van der Waals surface area contributed by atoms with Crippen molar-refractivity contribution in [1.82, 2.24) is 4.90 Å². The number of nitrogens with zero attached hydrogens (tertiary/aromatic N) is 1. The second-order valence-corrected chi connectivity index (χ2v) is 10.1. The molecule has 4 rings (SSSR count). The number of nitrogens with one attached hydrogen (secondary N) is 2. The number of carbonyl (C=O) groups is 3. The summed E-state index contributed by atoms with van der Waals surface area (Å²) in [6, 6.07) is 20.9. The minimum atomic E-state index is -0.965. The van der Waals surface area contributed by atoms with E-state index in [4.69, 9.17) is 5.11 Å². The van der Waals surface area contributed by atoms with Crippen LogP contribution in [-0.4, -0.2) is 40.5 Å². The van der Waals surface area contributed by atoms with Gasteiger partial charge in [0.25, 0.3) is 0 Å². The maximum absolute atomic E-state index is 13.0. The molecule has 0 aliphatic carbocycles. The maximum Gasteiger partial charge on any atom is 0.335 e. The molecule has 0 saturated carbocycles. The van der Waals surface area contributed by atoms with Crippen LogP contribution in [0, 0.1) is 0 Å². The Morgan fingerprint density at radius 3 is 1.89 bits per heavy atom. The zero-order valence-corrected chi connectivity index (χ0v) is 20.7. The van der Waals surface area contributed by atoms with E-state index in [1.807, 2.05) is 36.4 Å². The van der Waals surface area contributed by atoms with Crippen LogP contribution < -0.4 is 10.6 Å². The van der Waals surface area contributed by atoms with Gasteiger partial charge in [-0.2, -0.15) is 0 Å². The molecule has 1 aliphatic heterocycles. The highest BCUT2D eigenvalue weighted by Crippen LogP contribution is 2.26. The number of amides is 3. The summed E-state index contributed by atoms with van der Waals surface area (Å²) >= 11 is 0. The number of benzene rings is 3. The fraction of sp³-hybridized carbons (Fsp3) is 0.276. The molecule has 0 aromatic heterocycles. The molecule has 3 aromatic rings. The monoisotopic (exact) mass is 485 g/mol. The number of urea groups is 1. The van der Waals surface area contributed by atoms with Crippen LogP contribution in [0.4, 0.5) is 16.2 Å². The Bertz CT molecular complexity index is 1240. The maximum atomic E-state index is 13.0. The van der Waals surface area contributed by atoms with Gasteiger partial charge in [0.15, 0.2) is 0 Å². The molecule has 0 bridgehead atoms. The van der Waals surface area contributed by atoms with Gasteiger partial charge in [-0.15, -0.1) is 0 Å². The predicted molar refractivity (Wildman–Crippen MR) is 141 cm³/mol. The van der Waals surface area contributed by atoms with Gasteiger partial charge in [-0.25, -0.2) is 9.59 Å². The minimum absolute atomic E-state index is 0.0316. The van der Waals surface area contributed by atoms with E-state index in [-0.39, 0.29) is 22.9 Å². The van der Waals surface area contributed by atoms with E-state index in [0.29, 0.717) is 24.3 Å². The van der Waals surface area contributed by atoms with Crippen molar-refractivity contribution in [2.75, 3.05) is 17.2 Å². The lowest BCUT2D eigenvalue weighted by atomic mass is 9.87. The number of carboxylic acid groups (broad SMARTS) is 1. The molecule has 0 unspecified atom stereocenters. The highest BCUT2D eigenvalue weighted by Gasteiger charge is 2.34. The van der Waals surface area contributed by atoms with Crippen molar-refractivity contribution >= 4 is 29.3 Å². The van der Waals surface area contributed by atoms with E-state index in [0.717, 1.165) is 17.5 Å². The lowest BCUT2D eigenvalue weighted by Crippen LogP contribution is -2.45. The number of rotatable bonds is 5. The number of anilines is 2. The molecule has 1 fully saturated rings. The van der Waals surface area contributed by atoms with Crippen LogP contribution in [0.2, 0.25) is 0 Å². The number of hydrogen-bond acceptors (Lipinski definition) is 3. The lowest BCUT2D eigenvalue weighted by molar-refractivity contribution is -0.119. The van der Waals surface area contributed by atoms with Crippen molar-refractivity contribution in [2.24, 2.45) is 0 Å². The van der Waals surface area contributed by atoms with Crippen LogP contribution in [-0.2, 0) is 10.2 Å². The molecular weight excluding hydrogens is 454 g/mol. The second kappa shape index (κ2) is 10.2. The summed E-state index contributed by atoms with van der Waals surface area (Å²) in [5.74, 6) is -1.18. The molecule has 7 nitrogen and oxygen atoms in total. The van der Waals surface area contributed by atoms with Crippen molar-refractivity contribution in [3.8, 4) is 11.1 Å². The summed E-state index contributed by atoms with van der Waals surface area (Å²) in [6.45, 7) is 6.94. The van der Waals surface area contributed by atoms with Crippen LogP contribution >= 0.6 is 0 Å². The molecule has 1 heterocycles. The topological polar surface area (TPSA) is 98.7 Å². The third-order valence-electron chi connectivity index (χ3n) is 6.44. The SMILES string of the molecule is CC(C)(C)c1ccc(NC(=O)N2CCC[C@@H]2C(=O)Nc2ccc(-c3ccc(C(=O)O)cc3)cc2)cc1. The van der Waals surface area contributed by atoms with Gasteiger partial charge in [0.1, 0.15) is 6.04 Å². The van der Waals surface area contributed by atoms with E-state index < -0.39 is 12.0 Å². The Kier molecular flexibility index (Phi) is 7.10. The number of carboxylic acids is 1. The average Bonchev–Trinajstić information content (AvgIpc) is 3.35. The van der Waals surface area contributed by atoms with Gasteiger partial charge in [0.2, 0.25) is 5.91 Å². The first-order valence-electron chi connectivity index (χ1n) is 12.0. The average molecular weight is 486 g/mol. The summed E-state index contributed by atoms with van der Waals surface area (Å²) in [4.78, 5) is 38.6. The molecule has 0 radical (unpaired) electrons. The largest absolute Gasteiger partial charge is 0.478 e. The third kappa shape index (κ3) is 5.74. The zero-order valence-electron chi connectivity index (χ0n) is 20.7. The van der Waals surface area contributed by atoms with Crippen LogP contribution in [0.3, 0.4) is 0 Å². The van der Waals surface area contributed by atoms with Gasteiger partial charge in [0, 0.05) is 17.9 Å². The van der Waals surface area contributed by atoms with E-state index in [2.05, 4.69) is 31.4 Å². The lowest BCUT2D eigenvalue weighted by Gasteiger charge is -2.25. The van der Waals surface area contributed by atoms with Crippen molar-refractivity contribution < 1.29 is 19.5 Å². The quantitative estimate of drug-likeness (QED) is 0.414. The molecule has 3 amide bonds. The van der Waals surface area contributed by atoms with E-state index in [9.17, 15) is 14.4 Å². The van der Waals surface area contributed by atoms with Gasteiger partial charge in [-0.05, 0) is 71.3 Å². The Hall–Kier alpha value is -4.13. The fourth-order valence-electron chi connectivity index (χ4n) is 4.31. The Morgan fingerprint density at radius 2 is 1.33 bits per heavy atom. The molecule has 36 heavy (non-hydrogen) atoms. The number of likely N-dealkylation sites (tertiary alicyclic amines) is 1. The van der Waals surface area contributed by atoms with E-state index >= 15 is 0 Å². The molecule has 0 spiro atoms. The number of carbonyl (C=O) groups excluding carboxylic acids is 2. The van der Waals surface area contributed by atoms with E-state index in [1.54, 1.807) is 41.3 Å². The predicted octanol–water partition coefficient (Wildman–Crippen LogP) is 5.98. The van der Waals surface area contributed by atoms with Crippen molar-refractivity contribution in [2.45, 2.75) is 45.1 Å². The molecule has 1 saturated heterocycles. The van der Waals surface area contributed by atoms with Crippen molar-refractivity contribution in [3.05, 3.63) is 83.9 Å². The standard InChI is InChI=1S/C29H31N3O4/c1-29(2,3)22-12-16-24(17-13-22)31-28(36)32-18-4-5-25(32)26(33)30-23-14-10-20(11-15-23)19-6-8-21(9-7-19)27(34)35/h6-17,25H,4-5,18H2,1-3H3,(H,30,33)(H,31,36)(H,34,35)/t25-/m1/s1. The molecule has 3 N–H and O–H groups in total. The summed E-state index contributed by atoms with van der Waals surface area (Å²) < 4.78 is 0. The highest BCUT2D eigenvalue weighted by molar-refractivity contribution is 5.99. The summed E-state index contributed by atoms with van der Waals surface area (Å²) in [7, 11) is 0. The van der Waals surface area contributed by atoms with Gasteiger partial charge < -0.3 is 20.6 Å². The second-order valence-electron chi connectivity index (χ2n) is 10.1. The normalized spacial score (nSPS) is 15.4. The molecule has 3 aromatic carbocycles.